The number of hydrogen-bond donors (Lipinski definition) is 1. The van der Waals surface area contributed by atoms with Crippen molar-refractivity contribution in [1.82, 2.24) is 0 Å². The van der Waals surface area contributed by atoms with Crippen LogP contribution in [-0.4, -0.2) is 0 Å². The lowest BCUT2D eigenvalue weighted by atomic mass is 10.2. The van der Waals surface area contributed by atoms with Crippen molar-refractivity contribution >= 4 is 27.7 Å². The van der Waals surface area contributed by atoms with Crippen LogP contribution >= 0.6 is 27.7 Å². The quantitative estimate of drug-likeness (QED) is 0.911. The van der Waals surface area contributed by atoms with Gasteiger partial charge in [0.2, 0.25) is 0 Å². The van der Waals surface area contributed by atoms with Crippen molar-refractivity contribution in [3.63, 3.8) is 0 Å². The van der Waals surface area contributed by atoms with Crippen molar-refractivity contribution < 1.29 is 0 Å². The molecule has 88 valence electrons. The summed E-state index contributed by atoms with van der Waals surface area (Å²) in [7, 11) is 0. The first kappa shape index (κ1) is 12.7. The van der Waals surface area contributed by atoms with E-state index in [4.69, 9.17) is 5.73 Å². The van der Waals surface area contributed by atoms with E-state index in [0.717, 1.165) is 10.0 Å². The lowest BCUT2D eigenvalue weighted by Gasteiger charge is -2.06. The molecule has 1 nitrogen and oxygen atoms in total. The second kappa shape index (κ2) is 5.71. The first-order valence-electron chi connectivity index (χ1n) is 5.42. The second-order valence-corrected chi connectivity index (χ2v) is 5.88. The molecule has 0 aliphatic heterocycles. The van der Waals surface area contributed by atoms with Crippen LogP contribution in [0.5, 0.6) is 0 Å². The van der Waals surface area contributed by atoms with Gasteiger partial charge in [-0.3, -0.25) is 0 Å². The molecule has 2 rings (SSSR count). The standard InChI is InChI=1S/C14H14BrNS/c1-10-3-2-4-12(7-10)17-13-6-5-11(9-16)14(15)8-13/h2-8H,9,16H2,1H3. The van der Waals surface area contributed by atoms with Gasteiger partial charge in [-0.15, -0.1) is 0 Å². The zero-order valence-electron chi connectivity index (χ0n) is 9.61. The molecule has 0 heterocycles. The molecule has 0 radical (unpaired) electrons. The number of aryl methyl sites for hydroxylation is 1. The average molecular weight is 308 g/mol. The van der Waals surface area contributed by atoms with Crippen LogP contribution in [0.4, 0.5) is 0 Å². The predicted molar refractivity (Wildman–Crippen MR) is 77.3 cm³/mol. The van der Waals surface area contributed by atoms with Gasteiger partial charge in [0, 0.05) is 20.8 Å². The van der Waals surface area contributed by atoms with Gasteiger partial charge in [0.1, 0.15) is 0 Å². The van der Waals surface area contributed by atoms with Crippen LogP contribution in [0.2, 0.25) is 0 Å². The van der Waals surface area contributed by atoms with Crippen LogP contribution in [0.1, 0.15) is 11.1 Å². The second-order valence-electron chi connectivity index (χ2n) is 3.88. The smallest absolute Gasteiger partial charge is 0.0231 e. The van der Waals surface area contributed by atoms with Crippen molar-refractivity contribution in [1.29, 1.82) is 0 Å². The van der Waals surface area contributed by atoms with Crippen LogP contribution in [0.3, 0.4) is 0 Å². The van der Waals surface area contributed by atoms with E-state index in [9.17, 15) is 0 Å². The summed E-state index contributed by atoms with van der Waals surface area (Å²) in [6, 6.07) is 14.8. The number of nitrogens with two attached hydrogens (primary N) is 1. The molecule has 0 fully saturated rings. The summed E-state index contributed by atoms with van der Waals surface area (Å²) in [6.45, 7) is 2.67. The summed E-state index contributed by atoms with van der Waals surface area (Å²) in [5, 5.41) is 0. The van der Waals surface area contributed by atoms with Gasteiger partial charge in [-0.25, -0.2) is 0 Å². The molecular formula is C14H14BrNS. The number of benzene rings is 2. The summed E-state index contributed by atoms with van der Waals surface area (Å²) in [6.07, 6.45) is 0. The Morgan fingerprint density at radius 3 is 2.53 bits per heavy atom. The maximum Gasteiger partial charge on any atom is 0.0231 e. The van der Waals surface area contributed by atoms with Gasteiger partial charge in [-0.1, -0.05) is 51.5 Å². The largest absolute Gasteiger partial charge is 0.326 e. The van der Waals surface area contributed by atoms with Gasteiger partial charge >= 0.3 is 0 Å². The molecule has 0 aliphatic rings. The molecule has 2 aromatic carbocycles. The van der Waals surface area contributed by atoms with Crippen LogP contribution in [0.25, 0.3) is 0 Å². The van der Waals surface area contributed by atoms with E-state index in [2.05, 4.69) is 65.3 Å². The molecule has 0 spiro atoms. The zero-order valence-corrected chi connectivity index (χ0v) is 12.0. The Labute approximate surface area is 115 Å². The molecule has 0 amide bonds. The van der Waals surface area contributed by atoms with E-state index in [0.29, 0.717) is 6.54 Å². The Morgan fingerprint density at radius 2 is 1.88 bits per heavy atom. The number of hydrogen-bond acceptors (Lipinski definition) is 2. The zero-order chi connectivity index (χ0) is 12.3. The van der Waals surface area contributed by atoms with Crippen molar-refractivity contribution in [3.05, 3.63) is 58.1 Å². The summed E-state index contributed by atoms with van der Waals surface area (Å²) in [4.78, 5) is 2.48. The van der Waals surface area contributed by atoms with Crippen LogP contribution in [0, 0.1) is 6.92 Å². The maximum atomic E-state index is 5.64. The monoisotopic (exact) mass is 307 g/mol. The Hall–Kier alpha value is -0.770. The van der Waals surface area contributed by atoms with Crippen molar-refractivity contribution in [3.8, 4) is 0 Å². The molecule has 0 atom stereocenters. The third-order valence-electron chi connectivity index (χ3n) is 2.47. The molecule has 0 unspecified atom stereocenters. The molecule has 2 aromatic rings. The van der Waals surface area contributed by atoms with Crippen LogP contribution in [-0.2, 0) is 6.54 Å². The molecule has 2 N–H and O–H groups in total. The minimum atomic E-state index is 0.565. The third kappa shape index (κ3) is 3.35. The molecule has 0 saturated carbocycles. The summed E-state index contributed by atoms with van der Waals surface area (Å²) in [5.41, 5.74) is 8.06. The molecular weight excluding hydrogens is 294 g/mol. The summed E-state index contributed by atoms with van der Waals surface area (Å²) in [5.74, 6) is 0. The third-order valence-corrected chi connectivity index (χ3v) is 4.19. The Bertz CT molecular complexity index is 525. The van der Waals surface area contributed by atoms with Gasteiger partial charge in [0.25, 0.3) is 0 Å². The summed E-state index contributed by atoms with van der Waals surface area (Å²) >= 11 is 5.31. The first-order valence-corrected chi connectivity index (χ1v) is 7.03. The van der Waals surface area contributed by atoms with Crippen molar-refractivity contribution in [2.24, 2.45) is 5.73 Å². The van der Waals surface area contributed by atoms with Crippen LogP contribution < -0.4 is 5.73 Å². The molecule has 0 aromatic heterocycles. The minimum Gasteiger partial charge on any atom is -0.326 e. The molecule has 0 aliphatic carbocycles. The highest BCUT2D eigenvalue weighted by atomic mass is 79.9. The predicted octanol–water partition coefficient (Wildman–Crippen LogP) is 4.37. The Kier molecular flexibility index (Phi) is 4.26. The van der Waals surface area contributed by atoms with Gasteiger partial charge in [0.05, 0.1) is 0 Å². The maximum absolute atomic E-state index is 5.64. The molecule has 0 saturated heterocycles. The fourth-order valence-electron chi connectivity index (χ4n) is 1.57. The first-order chi connectivity index (χ1) is 8.19. The lowest BCUT2D eigenvalue weighted by Crippen LogP contribution is -1.96. The van der Waals surface area contributed by atoms with E-state index < -0.39 is 0 Å². The van der Waals surface area contributed by atoms with Gasteiger partial charge in [0.15, 0.2) is 0 Å². The normalized spacial score (nSPS) is 10.5. The number of halogens is 1. The van der Waals surface area contributed by atoms with E-state index in [1.807, 2.05) is 0 Å². The van der Waals surface area contributed by atoms with Crippen molar-refractivity contribution in [2.75, 3.05) is 0 Å². The van der Waals surface area contributed by atoms with E-state index in [1.165, 1.54) is 15.4 Å². The van der Waals surface area contributed by atoms with E-state index in [1.54, 1.807) is 11.8 Å². The fourth-order valence-corrected chi connectivity index (χ4v) is 3.24. The highest BCUT2D eigenvalue weighted by Crippen LogP contribution is 2.31. The van der Waals surface area contributed by atoms with Crippen molar-refractivity contribution in [2.45, 2.75) is 23.3 Å². The minimum absolute atomic E-state index is 0.565. The van der Waals surface area contributed by atoms with E-state index >= 15 is 0 Å². The van der Waals surface area contributed by atoms with Gasteiger partial charge < -0.3 is 5.73 Å². The molecule has 0 bridgehead atoms. The molecule has 3 heteroatoms. The average Bonchev–Trinajstić information content (AvgIpc) is 2.29. The Balaban J connectivity index is 2.22. The highest BCUT2D eigenvalue weighted by Gasteiger charge is 2.02. The summed E-state index contributed by atoms with van der Waals surface area (Å²) < 4.78 is 1.08. The Morgan fingerprint density at radius 1 is 1.12 bits per heavy atom. The van der Waals surface area contributed by atoms with Crippen LogP contribution in [0.15, 0.2) is 56.7 Å². The SMILES string of the molecule is Cc1cccc(Sc2ccc(CN)c(Br)c2)c1. The van der Waals surface area contributed by atoms with E-state index in [-0.39, 0.29) is 0 Å². The lowest BCUT2D eigenvalue weighted by molar-refractivity contribution is 1.05. The fraction of sp³-hybridized carbons (Fsp3) is 0.143. The topological polar surface area (TPSA) is 26.0 Å². The number of rotatable bonds is 3. The van der Waals surface area contributed by atoms with Gasteiger partial charge in [-0.2, -0.15) is 0 Å². The molecule has 17 heavy (non-hydrogen) atoms. The van der Waals surface area contributed by atoms with Gasteiger partial charge in [-0.05, 0) is 36.8 Å². The highest BCUT2D eigenvalue weighted by molar-refractivity contribution is 9.10.